The van der Waals surface area contributed by atoms with Crippen LogP contribution in [0.2, 0.25) is 0 Å². The van der Waals surface area contributed by atoms with E-state index in [1.54, 1.807) is 0 Å². The fourth-order valence-corrected chi connectivity index (χ4v) is 2.16. The zero-order chi connectivity index (χ0) is 15.9. The lowest BCUT2D eigenvalue weighted by atomic mass is 10.1. The molecule has 0 aromatic heterocycles. The number of carbonyl (C=O) groups is 1. The molecule has 0 aliphatic heterocycles. The van der Waals surface area contributed by atoms with E-state index in [4.69, 9.17) is 14.9 Å². The van der Waals surface area contributed by atoms with E-state index < -0.39 is 31.4 Å². The van der Waals surface area contributed by atoms with Crippen molar-refractivity contribution in [3.05, 3.63) is 0 Å². The second-order valence-corrected chi connectivity index (χ2v) is 5.54. The molecule has 3 N–H and O–H groups in total. The summed E-state index contributed by atoms with van der Waals surface area (Å²) in [6, 6.07) is 0. The van der Waals surface area contributed by atoms with Crippen molar-refractivity contribution < 1.29 is 24.9 Å². The number of rotatable bonds is 14. The Balaban J connectivity index is 3.49. The van der Waals surface area contributed by atoms with Crippen LogP contribution in [0.3, 0.4) is 0 Å². The minimum absolute atomic E-state index is 0.296. The van der Waals surface area contributed by atoms with E-state index in [2.05, 4.69) is 6.92 Å². The van der Waals surface area contributed by atoms with Gasteiger partial charge in [0.05, 0.1) is 13.2 Å². The van der Waals surface area contributed by atoms with Crippen molar-refractivity contribution >= 4 is 5.97 Å². The van der Waals surface area contributed by atoms with Gasteiger partial charge in [0, 0.05) is 6.42 Å². The summed E-state index contributed by atoms with van der Waals surface area (Å²) in [5.41, 5.74) is 0. The van der Waals surface area contributed by atoms with Crippen LogP contribution in [-0.4, -0.2) is 46.7 Å². The molecule has 0 spiro atoms. The molecule has 0 aromatic carbocycles. The van der Waals surface area contributed by atoms with Crippen LogP contribution in [0.4, 0.5) is 0 Å². The van der Waals surface area contributed by atoms with Gasteiger partial charge in [0.1, 0.15) is 6.10 Å². The molecule has 2 unspecified atom stereocenters. The highest BCUT2D eigenvalue weighted by atomic mass is 16.6. The van der Waals surface area contributed by atoms with E-state index in [9.17, 15) is 9.90 Å². The molecule has 0 rings (SSSR count). The Hall–Kier alpha value is -0.650. The predicted molar refractivity (Wildman–Crippen MR) is 81.9 cm³/mol. The number of carbonyl (C=O) groups excluding carboxylic acids is 1. The molecule has 2 atom stereocenters. The molecular formula is C16H32O5. The smallest absolute Gasteiger partial charge is 0.306 e. The number of unbranched alkanes of at least 4 members (excludes halogenated alkanes) is 8. The Bertz CT molecular complexity index is 245. The molecule has 0 saturated heterocycles. The van der Waals surface area contributed by atoms with Crippen LogP contribution in [0.15, 0.2) is 0 Å². The fourth-order valence-electron chi connectivity index (χ4n) is 2.16. The van der Waals surface area contributed by atoms with Crippen LogP contribution in [0, 0.1) is 0 Å². The Morgan fingerprint density at radius 2 is 1.43 bits per heavy atom. The second-order valence-electron chi connectivity index (χ2n) is 5.54. The van der Waals surface area contributed by atoms with Gasteiger partial charge in [-0.2, -0.15) is 0 Å². The van der Waals surface area contributed by atoms with E-state index in [1.807, 2.05) is 0 Å². The van der Waals surface area contributed by atoms with Gasteiger partial charge in [0.25, 0.3) is 0 Å². The minimum atomic E-state index is -1.22. The van der Waals surface area contributed by atoms with Crippen molar-refractivity contribution in [1.29, 1.82) is 0 Å². The Kier molecular flexibility index (Phi) is 13.9. The van der Waals surface area contributed by atoms with Gasteiger partial charge >= 0.3 is 5.97 Å². The van der Waals surface area contributed by atoms with Gasteiger partial charge in [0.15, 0.2) is 6.10 Å². The van der Waals surface area contributed by atoms with Gasteiger partial charge in [-0.15, -0.1) is 0 Å². The minimum Gasteiger partial charge on any atom is -0.457 e. The van der Waals surface area contributed by atoms with E-state index >= 15 is 0 Å². The third-order valence-corrected chi connectivity index (χ3v) is 3.56. The van der Waals surface area contributed by atoms with Gasteiger partial charge in [-0.1, -0.05) is 58.3 Å². The number of aliphatic hydroxyl groups is 3. The summed E-state index contributed by atoms with van der Waals surface area (Å²) in [5, 5.41) is 27.0. The van der Waals surface area contributed by atoms with E-state index in [0.717, 1.165) is 19.3 Å². The van der Waals surface area contributed by atoms with Crippen LogP contribution >= 0.6 is 0 Å². The van der Waals surface area contributed by atoms with Crippen molar-refractivity contribution in [2.24, 2.45) is 0 Å². The maximum atomic E-state index is 11.5. The highest BCUT2D eigenvalue weighted by Crippen LogP contribution is 2.11. The largest absolute Gasteiger partial charge is 0.457 e. The summed E-state index contributed by atoms with van der Waals surface area (Å²) in [4.78, 5) is 11.5. The first-order valence-corrected chi connectivity index (χ1v) is 8.25. The molecule has 0 aromatic rings. The van der Waals surface area contributed by atoms with Crippen LogP contribution < -0.4 is 0 Å². The monoisotopic (exact) mass is 304 g/mol. The van der Waals surface area contributed by atoms with E-state index in [-0.39, 0.29) is 0 Å². The zero-order valence-electron chi connectivity index (χ0n) is 13.3. The van der Waals surface area contributed by atoms with E-state index in [1.165, 1.54) is 38.5 Å². The molecule has 5 heteroatoms. The fraction of sp³-hybridized carbons (Fsp3) is 0.938. The lowest BCUT2D eigenvalue weighted by Crippen LogP contribution is -2.36. The Labute approximate surface area is 128 Å². The molecular weight excluding hydrogens is 272 g/mol. The maximum Gasteiger partial charge on any atom is 0.306 e. The van der Waals surface area contributed by atoms with Gasteiger partial charge in [-0.3, -0.25) is 4.79 Å². The molecule has 0 aliphatic rings. The summed E-state index contributed by atoms with van der Waals surface area (Å²) in [5.74, 6) is -0.426. The van der Waals surface area contributed by atoms with Crippen LogP contribution in [-0.2, 0) is 9.53 Å². The summed E-state index contributed by atoms with van der Waals surface area (Å²) in [6.07, 6.45) is 8.61. The molecule has 5 nitrogen and oxygen atoms in total. The van der Waals surface area contributed by atoms with E-state index in [0.29, 0.717) is 6.42 Å². The standard InChI is InChI=1S/C16H32O5/c1-2-3-4-5-6-7-8-9-10-11-16(20)21-15(13-18)14(19)12-17/h14-15,17-19H,2-13H2,1H3. The number of esters is 1. The highest BCUT2D eigenvalue weighted by molar-refractivity contribution is 5.69. The molecule has 0 amide bonds. The van der Waals surface area contributed by atoms with Crippen molar-refractivity contribution in [3.8, 4) is 0 Å². The average molecular weight is 304 g/mol. The molecule has 0 bridgehead atoms. The molecule has 0 saturated carbocycles. The first kappa shape index (κ1) is 20.3. The summed E-state index contributed by atoms with van der Waals surface area (Å²) < 4.78 is 4.93. The van der Waals surface area contributed by atoms with Crippen molar-refractivity contribution in [2.75, 3.05) is 13.2 Å². The van der Waals surface area contributed by atoms with Gasteiger partial charge < -0.3 is 20.1 Å². The first-order chi connectivity index (χ1) is 10.2. The number of hydrogen-bond acceptors (Lipinski definition) is 5. The van der Waals surface area contributed by atoms with Gasteiger partial charge in [-0.25, -0.2) is 0 Å². The SMILES string of the molecule is CCCCCCCCCCCC(=O)OC(CO)C(O)CO. The summed E-state index contributed by atoms with van der Waals surface area (Å²) >= 11 is 0. The van der Waals surface area contributed by atoms with Crippen molar-refractivity contribution in [1.82, 2.24) is 0 Å². The second kappa shape index (κ2) is 14.3. The maximum absolute atomic E-state index is 11.5. The zero-order valence-corrected chi connectivity index (χ0v) is 13.3. The third kappa shape index (κ3) is 11.7. The average Bonchev–Trinajstić information content (AvgIpc) is 2.50. The van der Waals surface area contributed by atoms with Crippen LogP contribution in [0.25, 0.3) is 0 Å². The molecule has 0 radical (unpaired) electrons. The number of aliphatic hydroxyl groups excluding tert-OH is 3. The van der Waals surface area contributed by atoms with Gasteiger partial charge in [0.2, 0.25) is 0 Å². The summed E-state index contributed by atoms with van der Waals surface area (Å²) in [7, 11) is 0. The Morgan fingerprint density at radius 1 is 0.905 bits per heavy atom. The molecule has 0 aliphatic carbocycles. The van der Waals surface area contributed by atoms with Crippen molar-refractivity contribution in [3.63, 3.8) is 0 Å². The molecule has 21 heavy (non-hydrogen) atoms. The van der Waals surface area contributed by atoms with Crippen LogP contribution in [0.5, 0.6) is 0 Å². The van der Waals surface area contributed by atoms with Crippen LogP contribution in [0.1, 0.15) is 71.1 Å². The lowest BCUT2D eigenvalue weighted by molar-refractivity contribution is -0.160. The normalized spacial score (nSPS) is 13.9. The quantitative estimate of drug-likeness (QED) is 0.338. The first-order valence-electron chi connectivity index (χ1n) is 8.25. The number of hydrogen-bond donors (Lipinski definition) is 3. The Morgan fingerprint density at radius 3 is 1.90 bits per heavy atom. The molecule has 0 fully saturated rings. The third-order valence-electron chi connectivity index (χ3n) is 3.56. The predicted octanol–water partition coefficient (Wildman–Crippen LogP) is 2.16. The number of ether oxygens (including phenoxy) is 1. The highest BCUT2D eigenvalue weighted by Gasteiger charge is 2.21. The molecule has 0 heterocycles. The topological polar surface area (TPSA) is 87.0 Å². The summed E-state index contributed by atoms with van der Waals surface area (Å²) in [6.45, 7) is 1.20. The molecule has 126 valence electrons. The van der Waals surface area contributed by atoms with Gasteiger partial charge in [-0.05, 0) is 6.42 Å². The lowest BCUT2D eigenvalue weighted by Gasteiger charge is -2.19. The van der Waals surface area contributed by atoms with Crippen molar-refractivity contribution in [2.45, 2.75) is 83.3 Å².